The number of likely N-dealkylation sites (tertiary alicyclic amines) is 2. The van der Waals surface area contributed by atoms with Crippen LogP contribution in [0.15, 0.2) is 24.3 Å². The molecule has 6 N–H and O–H groups in total. The Bertz CT molecular complexity index is 2720. The van der Waals surface area contributed by atoms with Crippen LogP contribution in [0.25, 0.3) is 22.8 Å². The van der Waals surface area contributed by atoms with Crippen LogP contribution in [0.4, 0.5) is 8.78 Å². The molecule has 6 aliphatic heterocycles. The Kier molecular flexibility index (Phi) is 8.88. The lowest BCUT2D eigenvalue weighted by Crippen LogP contribution is -2.37. The number of hydrogen-bond donors (Lipinski definition) is 4. The molecular weight excluding hydrogens is 823 g/mol. The quantitative estimate of drug-likeness (QED) is 0.220. The van der Waals surface area contributed by atoms with Crippen LogP contribution in [-0.4, -0.2) is 101 Å². The molecule has 328 valence electrons. The molecule has 6 fully saturated rings. The number of benzene rings is 2. The number of amides is 4. The van der Waals surface area contributed by atoms with Gasteiger partial charge in [0.15, 0.2) is 0 Å². The van der Waals surface area contributed by atoms with Gasteiger partial charge >= 0.3 is 0 Å². The first-order valence-corrected chi connectivity index (χ1v) is 22.1. The molecule has 4 saturated carbocycles. The van der Waals surface area contributed by atoms with E-state index in [1.54, 1.807) is 26.2 Å². The molecule has 64 heavy (non-hydrogen) atoms. The first kappa shape index (κ1) is 40.4. The Hall–Kier alpha value is -6.36. The normalized spacial score (nSPS) is 27.7. The summed E-state index contributed by atoms with van der Waals surface area (Å²) >= 11 is 0. The third kappa shape index (κ3) is 6.20. The number of hydrogen-bond acceptors (Lipinski definition) is 8. The summed E-state index contributed by atoms with van der Waals surface area (Å²) in [6.07, 6.45) is 7.90. The molecule has 8 heterocycles. The maximum absolute atomic E-state index is 15.0. The maximum atomic E-state index is 15.0. The molecule has 10 aliphatic rings. The van der Waals surface area contributed by atoms with Crippen LogP contribution in [-0.2, 0) is 9.59 Å². The van der Waals surface area contributed by atoms with Crippen LogP contribution >= 0.6 is 0 Å². The summed E-state index contributed by atoms with van der Waals surface area (Å²) < 4.78 is 34.3. The highest BCUT2D eigenvalue weighted by Crippen LogP contribution is 2.57. The highest BCUT2D eigenvalue weighted by atomic mass is 19.1. The minimum Gasteiger partial charge on any atom is -0.369 e. The van der Waals surface area contributed by atoms with Crippen LogP contribution in [0.3, 0.4) is 0 Å². The fourth-order valence-electron chi connectivity index (χ4n) is 10.7. The summed E-state index contributed by atoms with van der Waals surface area (Å²) in [5.41, 5.74) is 13.6. The van der Waals surface area contributed by atoms with Gasteiger partial charge in [-0.05, 0) is 98.6 Å². The van der Waals surface area contributed by atoms with Gasteiger partial charge in [0.2, 0.25) is 11.2 Å². The number of likely N-dealkylation sites (N-methyl/N-ethyl adjacent to an activating group) is 2. The molecule has 14 nitrogen and oxygen atoms in total. The van der Waals surface area contributed by atoms with Gasteiger partial charge in [0.05, 0.1) is 22.5 Å². The van der Waals surface area contributed by atoms with Crippen molar-refractivity contribution in [3.8, 4) is 46.5 Å². The van der Waals surface area contributed by atoms with Crippen molar-refractivity contribution < 1.29 is 38.2 Å². The highest BCUT2D eigenvalue weighted by Gasteiger charge is 2.47. The number of aliphatic hydroxyl groups is 2. The van der Waals surface area contributed by atoms with Gasteiger partial charge in [0, 0.05) is 75.1 Å². The number of rotatable bonds is 4. The number of primary amides is 2. The van der Waals surface area contributed by atoms with Gasteiger partial charge in [-0.1, -0.05) is 23.7 Å². The number of carbonyl (C=O) groups is 4. The summed E-state index contributed by atoms with van der Waals surface area (Å²) in [6.45, 7) is 0.800. The fourth-order valence-corrected chi connectivity index (χ4v) is 10.7. The van der Waals surface area contributed by atoms with Crippen molar-refractivity contribution in [2.45, 2.75) is 111 Å². The van der Waals surface area contributed by atoms with Crippen molar-refractivity contribution in [3.63, 3.8) is 0 Å². The standard InChI is InChI=1S/2C24H23FN4O3/c2*1-28-7-6-24(32,23(28)31)5-4-13-10-17-16(11-18(13)25)14-8-15(9-14)29-20(12-2-3-12)19(21(26)30)27-22(17)29/h2*10-12,14-15,32H,2-3,6-9H2,1H3,(H2,26,30)/t2*14?,15?,24-/m10/s1. The van der Waals surface area contributed by atoms with E-state index in [4.69, 9.17) is 11.5 Å². The molecule has 2 atom stereocenters. The Morgan fingerprint density at radius 1 is 0.656 bits per heavy atom. The Balaban J connectivity index is 0.000000143. The number of nitrogens with two attached hydrogens (primary N) is 2. The van der Waals surface area contributed by atoms with E-state index in [9.17, 15) is 29.4 Å². The van der Waals surface area contributed by atoms with Gasteiger partial charge in [-0.2, -0.15) is 0 Å². The first-order chi connectivity index (χ1) is 30.5. The van der Waals surface area contributed by atoms with Gasteiger partial charge < -0.3 is 40.6 Å². The van der Waals surface area contributed by atoms with E-state index >= 15 is 8.78 Å². The maximum Gasteiger partial charge on any atom is 0.269 e. The molecule has 14 rings (SSSR count). The number of imidazole rings is 2. The summed E-state index contributed by atoms with van der Waals surface area (Å²) in [6, 6.07) is 6.73. The third-order valence-electron chi connectivity index (χ3n) is 14.7. The van der Waals surface area contributed by atoms with E-state index in [0.717, 1.165) is 85.0 Å². The molecule has 4 aliphatic carbocycles. The zero-order valence-electron chi connectivity index (χ0n) is 35.4. The predicted molar refractivity (Wildman–Crippen MR) is 226 cm³/mol. The van der Waals surface area contributed by atoms with E-state index in [0.29, 0.717) is 48.0 Å². The number of carbonyl (C=O) groups excluding carboxylic acids is 4. The molecule has 2 aromatic heterocycles. The predicted octanol–water partition coefficient (Wildman–Crippen LogP) is 4.08. The topological polar surface area (TPSA) is 203 Å². The minimum atomic E-state index is -1.80. The van der Waals surface area contributed by atoms with E-state index < -0.39 is 46.5 Å². The lowest BCUT2D eigenvalue weighted by molar-refractivity contribution is -0.138. The molecule has 0 unspecified atom stereocenters. The lowest BCUT2D eigenvalue weighted by Gasteiger charge is -2.35. The summed E-state index contributed by atoms with van der Waals surface area (Å²) in [5, 5.41) is 21.2. The average Bonchev–Trinajstić information content (AvgIpc) is 4.17. The second-order valence-corrected chi connectivity index (χ2v) is 19.0. The van der Waals surface area contributed by atoms with Crippen LogP contribution in [0.1, 0.15) is 155 Å². The van der Waals surface area contributed by atoms with Crippen molar-refractivity contribution in [1.82, 2.24) is 28.9 Å². The van der Waals surface area contributed by atoms with Gasteiger partial charge in [0.1, 0.15) is 34.7 Å². The Morgan fingerprint density at radius 3 is 1.34 bits per heavy atom. The van der Waals surface area contributed by atoms with E-state index in [1.807, 2.05) is 0 Å². The van der Waals surface area contributed by atoms with Crippen LogP contribution in [0, 0.1) is 35.3 Å². The highest BCUT2D eigenvalue weighted by molar-refractivity contribution is 5.95. The zero-order chi connectivity index (χ0) is 44.7. The molecule has 16 heteroatoms. The van der Waals surface area contributed by atoms with Crippen LogP contribution in [0.2, 0.25) is 0 Å². The molecular formula is C48H46F2N8O6. The molecule has 0 spiro atoms. The summed E-state index contributed by atoms with van der Waals surface area (Å²) in [5.74, 6) is 9.91. The van der Waals surface area contributed by atoms with Crippen LogP contribution < -0.4 is 11.5 Å². The van der Waals surface area contributed by atoms with Gasteiger partial charge in [-0.25, -0.2) is 18.7 Å². The second kappa shape index (κ2) is 14.1. The Morgan fingerprint density at radius 2 is 1.03 bits per heavy atom. The van der Waals surface area contributed by atoms with Gasteiger partial charge in [-0.3, -0.25) is 19.2 Å². The van der Waals surface area contributed by atoms with Crippen molar-refractivity contribution in [2.24, 2.45) is 11.5 Å². The van der Waals surface area contributed by atoms with Crippen molar-refractivity contribution >= 4 is 23.6 Å². The summed E-state index contributed by atoms with van der Waals surface area (Å²) in [7, 11) is 3.20. The summed E-state index contributed by atoms with van der Waals surface area (Å²) in [4.78, 5) is 60.9. The molecule has 4 amide bonds. The first-order valence-electron chi connectivity index (χ1n) is 22.1. The Labute approximate surface area is 367 Å². The SMILES string of the molecule is CN1CC[C@@](O)(C#Cc2cc3c(cc2F)C2CC(C2)n2c-3nc(C(N)=O)c2C2CC2)C1=O.CN1CC[C@](O)(C#Cc2cc3c(cc2F)C2CC(C2)n2c-3nc(C(N)=O)c2C2CC2)C1=O. The fraction of sp³-hybridized carbons (Fsp3) is 0.458. The van der Waals surface area contributed by atoms with Crippen molar-refractivity contribution in [2.75, 3.05) is 27.2 Å². The largest absolute Gasteiger partial charge is 0.369 e. The van der Waals surface area contributed by atoms with Gasteiger partial charge in [0.25, 0.3) is 23.6 Å². The number of aromatic nitrogens is 4. The molecule has 4 bridgehead atoms. The van der Waals surface area contributed by atoms with Gasteiger partial charge in [-0.15, -0.1) is 0 Å². The van der Waals surface area contributed by atoms with E-state index in [1.165, 1.54) is 21.9 Å². The minimum absolute atomic E-state index is 0.0989. The molecule has 4 aromatic rings. The number of nitrogens with zero attached hydrogens (tertiary/aromatic N) is 6. The second-order valence-electron chi connectivity index (χ2n) is 19.0. The molecule has 0 radical (unpaired) electrons. The average molecular weight is 869 g/mol. The zero-order valence-corrected chi connectivity index (χ0v) is 35.4. The number of halogens is 2. The third-order valence-corrected chi connectivity index (χ3v) is 14.7. The lowest BCUT2D eigenvalue weighted by atomic mass is 9.75. The van der Waals surface area contributed by atoms with Crippen LogP contribution in [0.5, 0.6) is 0 Å². The van der Waals surface area contributed by atoms with Crippen molar-refractivity contribution in [3.05, 3.63) is 80.9 Å². The van der Waals surface area contributed by atoms with E-state index in [-0.39, 0.29) is 47.9 Å². The van der Waals surface area contributed by atoms with E-state index in [2.05, 4.69) is 42.8 Å². The smallest absolute Gasteiger partial charge is 0.269 e. The molecule has 2 saturated heterocycles. The van der Waals surface area contributed by atoms with Crippen molar-refractivity contribution in [1.29, 1.82) is 0 Å². The monoisotopic (exact) mass is 868 g/mol. The molecule has 2 aromatic carbocycles.